The van der Waals surface area contributed by atoms with Crippen molar-refractivity contribution in [3.8, 4) is 0 Å². The van der Waals surface area contributed by atoms with Gasteiger partial charge in [0.15, 0.2) is 5.78 Å². The second-order valence-corrected chi connectivity index (χ2v) is 9.09. The van der Waals surface area contributed by atoms with Gasteiger partial charge in [-0.15, -0.1) is 0 Å². The Labute approximate surface area is 238 Å². The maximum absolute atomic E-state index is 12.3. The van der Waals surface area contributed by atoms with Gasteiger partial charge >= 0.3 is 0 Å². The predicted molar refractivity (Wildman–Crippen MR) is 132 cm³/mol. The van der Waals surface area contributed by atoms with Crippen molar-refractivity contribution in [2.75, 3.05) is 0 Å². The molecule has 0 atom stereocenters. The van der Waals surface area contributed by atoms with E-state index in [9.17, 15) is 9.00 Å². The third-order valence-corrected chi connectivity index (χ3v) is 6.15. The minimum atomic E-state index is -1.07. The van der Waals surface area contributed by atoms with E-state index >= 15 is 0 Å². The van der Waals surface area contributed by atoms with Crippen molar-refractivity contribution in [2.24, 2.45) is 0 Å². The Balaban J connectivity index is 0.000000227. The van der Waals surface area contributed by atoms with Gasteiger partial charge in [0.25, 0.3) is 0 Å². The summed E-state index contributed by atoms with van der Waals surface area (Å²) in [5, 5.41) is 11.2. The van der Waals surface area contributed by atoms with E-state index < -0.39 is 10.8 Å². The minimum Gasteiger partial charge on any atom is -0.512 e. The molecule has 3 nitrogen and oxygen atoms in total. The minimum absolute atomic E-state index is 0. The third-order valence-electron chi connectivity index (χ3n) is 4.78. The van der Waals surface area contributed by atoms with Gasteiger partial charge in [0.1, 0.15) is 0 Å². The molecule has 0 spiro atoms. The summed E-state index contributed by atoms with van der Waals surface area (Å²) in [6.07, 6.45) is 1.23. The number of aliphatic hydroxyl groups is 1. The van der Waals surface area contributed by atoms with Crippen LogP contribution < -0.4 is 0 Å². The van der Waals surface area contributed by atoms with E-state index in [2.05, 4.69) is 0 Å². The number of hydrogen-bond acceptors (Lipinski definition) is 3. The van der Waals surface area contributed by atoms with E-state index in [1.54, 1.807) is 6.07 Å². The van der Waals surface area contributed by atoms with Crippen molar-refractivity contribution in [3.63, 3.8) is 0 Å². The molecular formula is C28H26EuO3S. The van der Waals surface area contributed by atoms with Gasteiger partial charge in [-0.2, -0.15) is 0 Å². The van der Waals surface area contributed by atoms with Crippen LogP contribution in [0.4, 0.5) is 0 Å². The summed E-state index contributed by atoms with van der Waals surface area (Å²) >= 11 is 0. The summed E-state index contributed by atoms with van der Waals surface area (Å²) in [7, 11) is -1.07. The van der Waals surface area contributed by atoms with Gasteiger partial charge in [0.05, 0.1) is 16.6 Å². The second kappa shape index (κ2) is 13.1. The van der Waals surface area contributed by atoms with E-state index in [4.69, 9.17) is 5.11 Å². The number of aryl methyl sites for hydroxylation is 2. The van der Waals surface area contributed by atoms with Crippen molar-refractivity contribution in [1.29, 1.82) is 0 Å². The van der Waals surface area contributed by atoms with Crippen molar-refractivity contribution in [3.05, 3.63) is 120 Å². The Morgan fingerprint density at radius 1 is 0.758 bits per heavy atom. The first-order valence-corrected chi connectivity index (χ1v) is 11.4. The molecule has 0 fully saturated rings. The van der Waals surface area contributed by atoms with Crippen molar-refractivity contribution < 1.29 is 63.5 Å². The largest absolute Gasteiger partial charge is 0.512 e. The van der Waals surface area contributed by atoms with Gasteiger partial charge in [0, 0.05) is 70.8 Å². The molecule has 0 aromatic heterocycles. The summed E-state index contributed by atoms with van der Waals surface area (Å²) < 4.78 is 12.3. The topological polar surface area (TPSA) is 54.4 Å². The standard InChI is InChI=1S/C14H12O2.C14H14OS.Eu/c1-10(15)8-14(16)13-7-6-11-4-2-3-5-12(11)9-13;1-11-5-3-7-13(9-11)16(15)14-8-4-6-12(2)10-14;/h2-9,15H,1H3;3-10H,1-2H3;/b10-8-;;. The monoisotopic (exact) mass is 595 g/mol. The van der Waals surface area contributed by atoms with Gasteiger partial charge in [0.2, 0.25) is 0 Å². The zero-order valence-corrected chi connectivity index (χ0v) is 22.0. The fourth-order valence-corrected chi connectivity index (χ4v) is 4.48. The fraction of sp³-hybridized carbons (Fsp3) is 0.107. The fourth-order valence-electron chi connectivity index (χ4n) is 3.21. The molecule has 0 aliphatic rings. The van der Waals surface area contributed by atoms with Crippen LogP contribution in [0.25, 0.3) is 10.8 Å². The molecule has 1 radical (unpaired) electrons. The molecule has 5 heteroatoms. The van der Waals surface area contributed by atoms with Crippen molar-refractivity contribution in [2.45, 2.75) is 30.6 Å². The number of benzene rings is 4. The normalized spacial score (nSPS) is 10.8. The molecule has 0 saturated heterocycles. The Hall–Kier alpha value is -1.92. The van der Waals surface area contributed by atoms with E-state index in [1.165, 1.54) is 13.0 Å². The van der Waals surface area contributed by atoms with Crippen LogP contribution in [0.3, 0.4) is 0 Å². The molecule has 169 valence electrons. The number of hydrogen-bond donors (Lipinski definition) is 1. The van der Waals surface area contributed by atoms with Crippen LogP contribution in [0.15, 0.2) is 113 Å². The summed E-state index contributed by atoms with van der Waals surface area (Å²) in [5.41, 5.74) is 2.86. The SMILES string of the molecule is C/C(O)=C/C(=O)c1ccc2ccccc2c1.Cc1cccc(S(=O)c2cccc(C)c2)c1.[Eu]. The van der Waals surface area contributed by atoms with E-state index in [-0.39, 0.29) is 60.9 Å². The molecule has 1 N–H and O–H groups in total. The van der Waals surface area contributed by atoms with Crippen LogP contribution >= 0.6 is 0 Å². The molecule has 0 heterocycles. The van der Waals surface area contributed by atoms with Gasteiger partial charge in [-0.05, 0) is 73.0 Å². The second-order valence-electron chi connectivity index (χ2n) is 7.61. The first-order chi connectivity index (χ1) is 15.3. The molecule has 0 aliphatic heterocycles. The maximum Gasteiger partial charge on any atom is 0.189 e. The Kier molecular flexibility index (Phi) is 10.8. The number of fused-ring (bicyclic) bond motifs is 1. The van der Waals surface area contributed by atoms with Gasteiger partial charge < -0.3 is 5.11 Å². The smallest absolute Gasteiger partial charge is 0.189 e. The molecule has 0 aliphatic carbocycles. The molecule has 0 amide bonds. The van der Waals surface area contributed by atoms with Crippen LogP contribution in [0, 0.1) is 63.2 Å². The number of carbonyl (C=O) groups excluding carboxylic acids is 1. The van der Waals surface area contributed by atoms with E-state index in [0.717, 1.165) is 31.7 Å². The number of aliphatic hydroxyl groups excluding tert-OH is 1. The Morgan fingerprint density at radius 2 is 1.30 bits per heavy atom. The van der Waals surface area contributed by atoms with Crippen molar-refractivity contribution in [1.82, 2.24) is 0 Å². The molecule has 4 aromatic rings. The zero-order chi connectivity index (χ0) is 23.1. The van der Waals surface area contributed by atoms with Gasteiger partial charge in [-0.1, -0.05) is 60.7 Å². The van der Waals surface area contributed by atoms with Crippen LogP contribution in [0.1, 0.15) is 28.4 Å². The number of rotatable bonds is 4. The predicted octanol–water partition coefficient (Wildman–Crippen LogP) is 6.95. The van der Waals surface area contributed by atoms with Crippen LogP contribution in [-0.2, 0) is 10.8 Å². The maximum atomic E-state index is 12.3. The van der Waals surface area contributed by atoms with Crippen LogP contribution in [0.5, 0.6) is 0 Å². The molecule has 33 heavy (non-hydrogen) atoms. The molecule has 4 aromatic carbocycles. The molecule has 0 unspecified atom stereocenters. The molecule has 0 bridgehead atoms. The van der Waals surface area contributed by atoms with Gasteiger partial charge in [-0.25, -0.2) is 4.21 Å². The Morgan fingerprint density at radius 3 is 1.82 bits per heavy atom. The first-order valence-electron chi connectivity index (χ1n) is 10.3. The summed E-state index contributed by atoms with van der Waals surface area (Å²) in [6.45, 7) is 5.51. The summed E-state index contributed by atoms with van der Waals surface area (Å²) in [5.74, 6) is -0.149. The number of ketones is 1. The molecule has 4 rings (SSSR count). The van der Waals surface area contributed by atoms with Crippen LogP contribution in [-0.4, -0.2) is 15.1 Å². The van der Waals surface area contributed by atoms with E-state index in [0.29, 0.717) is 5.56 Å². The number of carbonyl (C=O) groups is 1. The molecule has 0 saturated carbocycles. The third kappa shape index (κ3) is 8.11. The van der Waals surface area contributed by atoms with Crippen LogP contribution in [0.2, 0.25) is 0 Å². The van der Waals surface area contributed by atoms with Crippen molar-refractivity contribution >= 4 is 27.4 Å². The zero-order valence-electron chi connectivity index (χ0n) is 18.8. The molecular weight excluding hydrogens is 568 g/mol. The number of allylic oxidation sites excluding steroid dienone is 2. The average molecular weight is 595 g/mol. The quantitative estimate of drug-likeness (QED) is 0.158. The summed E-state index contributed by atoms with van der Waals surface area (Å²) in [4.78, 5) is 13.4. The summed E-state index contributed by atoms with van der Waals surface area (Å²) in [6, 6.07) is 29.0. The first kappa shape index (κ1) is 27.3. The Bertz CT molecular complexity index is 1260. The average Bonchev–Trinajstić information content (AvgIpc) is 2.78. The van der Waals surface area contributed by atoms with E-state index in [1.807, 2.05) is 98.8 Å². The van der Waals surface area contributed by atoms with Gasteiger partial charge in [-0.3, -0.25) is 4.79 Å².